The highest BCUT2D eigenvalue weighted by atomic mass is 79.9. The van der Waals surface area contributed by atoms with Crippen molar-refractivity contribution in [1.29, 1.82) is 0 Å². The largest absolute Gasteiger partial charge is 0.429 e. The standard InChI is InChI=1S/C30H31BrN4O5S/c1-3-16-35-19-24(18-25(31)20-35)29(36)32-26-13-11-22(12-14-26)15-17-41(38,39)34-21(2)40-30(37)33-28-10-6-8-23-7-4-5-9-27(23)28/h4-14,18-21,34H,3,15-17H2,1-2H3,(H-,32,33,36,37)/p+1. The Morgan fingerprint density at radius 3 is 2.46 bits per heavy atom. The number of sulfonamides is 1. The number of nitrogens with zero attached hydrogens (tertiary/aromatic N) is 1. The predicted molar refractivity (Wildman–Crippen MR) is 163 cm³/mol. The van der Waals surface area contributed by atoms with E-state index in [9.17, 15) is 18.0 Å². The summed E-state index contributed by atoms with van der Waals surface area (Å²) in [6.07, 6.45) is 3.07. The highest BCUT2D eigenvalue weighted by molar-refractivity contribution is 9.10. The summed E-state index contributed by atoms with van der Waals surface area (Å²) in [6, 6.07) is 21.8. The zero-order valence-corrected chi connectivity index (χ0v) is 25.2. The van der Waals surface area contributed by atoms with E-state index in [1.54, 1.807) is 42.6 Å². The molecule has 4 rings (SSSR count). The van der Waals surface area contributed by atoms with Gasteiger partial charge in [0.2, 0.25) is 10.0 Å². The number of anilines is 2. The lowest BCUT2D eigenvalue weighted by Gasteiger charge is -2.16. The summed E-state index contributed by atoms with van der Waals surface area (Å²) in [4.78, 5) is 25.1. The van der Waals surface area contributed by atoms with Gasteiger partial charge < -0.3 is 10.1 Å². The minimum Gasteiger partial charge on any atom is -0.429 e. The maximum absolute atomic E-state index is 12.7. The Kier molecular flexibility index (Phi) is 10.1. The van der Waals surface area contributed by atoms with Crippen LogP contribution in [0.15, 0.2) is 89.7 Å². The second-order valence-corrected chi connectivity index (χ2v) is 12.3. The second-order valence-electron chi connectivity index (χ2n) is 9.52. The third-order valence-corrected chi connectivity index (χ3v) is 8.02. The van der Waals surface area contributed by atoms with Gasteiger partial charge in [0.25, 0.3) is 5.91 Å². The van der Waals surface area contributed by atoms with Gasteiger partial charge in [-0.25, -0.2) is 17.8 Å². The van der Waals surface area contributed by atoms with Crippen LogP contribution in [0.4, 0.5) is 16.2 Å². The van der Waals surface area contributed by atoms with Crippen LogP contribution < -0.4 is 19.9 Å². The Morgan fingerprint density at radius 2 is 1.71 bits per heavy atom. The molecule has 4 aromatic rings. The summed E-state index contributed by atoms with van der Waals surface area (Å²) in [5.74, 6) is -0.443. The van der Waals surface area contributed by atoms with Crippen molar-refractivity contribution in [2.24, 2.45) is 0 Å². The number of carbonyl (C=O) groups is 2. The third kappa shape index (κ3) is 8.84. The third-order valence-electron chi connectivity index (χ3n) is 6.16. The van der Waals surface area contributed by atoms with Gasteiger partial charge in [-0.1, -0.05) is 55.5 Å². The van der Waals surface area contributed by atoms with Crippen molar-refractivity contribution in [3.8, 4) is 0 Å². The molecule has 1 atom stereocenters. The molecule has 0 saturated heterocycles. The van der Waals surface area contributed by atoms with Gasteiger partial charge in [-0.2, -0.15) is 4.72 Å². The second kappa shape index (κ2) is 13.7. The normalized spacial score (nSPS) is 12.1. The molecule has 0 spiro atoms. The molecule has 1 heterocycles. The van der Waals surface area contributed by atoms with E-state index in [1.807, 2.05) is 47.2 Å². The lowest BCUT2D eigenvalue weighted by molar-refractivity contribution is -0.697. The van der Waals surface area contributed by atoms with Crippen LogP contribution in [0.3, 0.4) is 0 Å². The number of rotatable bonds is 11. The van der Waals surface area contributed by atoms with Crippen molar-refractivity contribution < 1.29 is 27.3 Å². The van der Waals surface area contributed by atoms with Crippen molar-refractivity contribution in [3.63, 3.8) is 0 Å². The fourth-order valence-corrected chi connectivity index (χ4v) is 5.98. The van der Waals surface area contributed by atoms with E-state index in [4.69, 9.17) is 4.74 Å². The number of aryl methyl sites for hydroxylation is 2. The van der Waals surface area contributed by atoms with Crippen LogP contribution in [0.25, 0.3) is 10.8 Å². The van der Waals surface area contributed by atoms with Crippen LogP contribution in [0.1, 0.15) is 36.2 Å². The average Bonchev–Trinajstić information content (AvgIpc) is 2.92. The highest BCUT2D eigenvalue weighted by Gasteiger charge is 2.19. The fraction of sp³-hybridized carbons (Fsp3) is 0.233. The van der Waals surface area contributed by atoms with Gasteiger partial charge in [0.05, 0.1) is 15.9 Å². The van der Waals surface area contributed by atoms with E-state index in [1.165, 1.54) is 6.92 Å². The summed E-state index contributed by atoms with van der Waals surface area (Å²) in [5, 5.41) is 7.34. The van der Waals surface area contributed by atoms with Crippen molar-refractivity contribution in [2.75, 3.05) is 16.4 Å². The smallest absolute Gasteiger partial charge is 0.413 e. The summed E-state index contributed by atoms with van der Waals surface area (Å²) in [6.45, 7) is 4.32. The Hall–Kier alpha value is -3.80. The number of pyridine rings is 1. The van der Waals surface area contributed by atoms with Crippen LogP contribution >= 0.6 is 15.9 Å². The zero-order chi connectivity index (χ0) is 29.4. The van der Waals surface area contributed by atoms with E-state index in [0.29, 0.717) is 16.9 Å². The number of nitrogens with one attached hydrogen (secondary N) is 3. The SMILES string of the molecule is CCC[n+]1cc(Br)cc(C(=O)Nc2ccc(CCS(=O)(=O)NC(C)OC(=O)Nc3cccc4ccccc34)cc2)c1. The molecular formula is C30H32BrN4O5S+. The average molecular weight is 641 g/mol. The van der Waals surface area contributed by atoms with Crippen LogP contribution in [-0.4, -0.2) is 32.4 Å². The molecule has 3 N–H and O–H groups in total. The summed E-state index contributed by atoms with van der Waals surface area (Å²) in [5.41, 5.74) is 2.47. The molecule has 9 nitrogen and oxygen atoms in total. The molecule has 41 heavy (non-hydrogen) atoms. The van der Waals surface area contributed by atoms with Crippen LogP contribution in [0.2, 0.25) is 0 Å². The lowest BCUT2D eigenvalue weighted by Crippen LogP contribution is -2.38. The first-order valence-corrected chi connectivity index (χ1v) is 15.6. The van der Waals surface area contributed by atoms with E-state index < -0.39 is 22.3 Å². The number of aromatic nitrogens is 1. The molecule has 1 aromatic heterocycles. The molecule has 0 bridgehead atoms. The molecule has 2 amide bonds. The molecule has 0 radical (unpaired) electrons. The Balaban J connectivity index is 1.26. The van der Waals surface area contributed by atoms with Crippen LogP contribution in [0.5, 0.6) is 0 Å². The van der Waals surface area contributed by atoms with Crippen molar-refractivity contribution in [2.45, 2.75) is 39.5 Å². The van der Waals surface area contributed by atoms with Gasteiger partial charge in [0, 0.05) is 17.5 Å². The molecule has 0 aliphatic carbocycles. The van der Waals surface area contributed by atoms with Crippen LogP contribution in [0, 0.1) is 0 Å². The van der Waals surface area contributed by atoms with Gasteiger partial charge in [-0.3, -0.25) is 10.1 Å². The Morgan fingerprint density at radius 1 is 0.976 bits per heavy atom. The maximum Gasteiger partial charge on any atom is 0.413 e. The number of hydrogen-bond acceptors (Lipinski definition) is 5. The van der Waals surface area contributed by atoms with E-state index in [0.717, 1.165) is 33.8 Å². The number of benzene rings is 3. The molecule has 0 aliphatic heterocycles. The number of amides is 2. The summed E-state index contributed by atoms with van der Waals surface area (Å²) < 4.78 is 35.6. The Bertz CT molecular complexity index is 1640. The van der Waals surface area contributed by atoms with Crippen molar-refractivity contribution >= 4 is 60.1 Å². The van der Waals surface area contributed by atoms with E-state index in [-0.39, 0.29) is 18.1 Å². The number of fused-ring (bicyclic) bond motifs is 1. The highest BCUT2D eigenvalue weighted by Crippen LogP contribution is 2.23. The number of ether oxygens (including phenoxy) is 1. The Labute approximate surface area is 248 Å². The van der Waals surface area contributed by atoms with Gasteiger partial charge >= 0.3 is 6.09 Å². The lowest BCUT2D eigenvalue weighted by atomic mass is 10.1. The van der Waals surface area contributed by atoms with Gasteiger partial charge in [0.1, 0.15) is 12.1 Å². The number of hydrogen-bond donors (Lipinski definition) is 3. The first-order chi connectivity index (χ1) is 19.6. The molecule has 214 valence electrons. The van der Waals surface area contributed by atoms with Gasteiger partial charge in [-0.15, -0.1) is 0 Å². The topological polar surface area (TPSA) is 117 Å². The molecule has 3 aromatic carbocycles. The predicted octanol–water partition coefficient (Wildman–Crippen LogP) is 5.61. The molecular weight excluding hydrogens is 608 g/mol. The fourth-order valence-electron chi connectivity index (χ4n) is 4.29. The monoisotopic (exact) mass is 639 g/mol. The van der Waals surface area contributed by atoms with E-state index in [2.05, 4.69) is 38.2 Å². The van der Waals surface area contributed by atoms with Crippen molar-refractivity contribution in [3.05, 3.63) is 101 Å². The molecule has 1 unspecified atom stereocenters. The quantitative estimate of drug-likeness (QED) is 0.146. The van der Waals surface area contributed by atoms with Crippen molar-refractivity contribution in [1.82, 2.24) is 4.72 Å². The summed E-state index contributed by atoms with van der Waals surface area (Å²) >= 11 is 3.44. The molecule has 0 fully saturated rings. The summed E-state index contributed by atoms with van der Waals surface area (Å²) in [7, 11) is -3.74. The first kappa shape index (κ1) is 30.2. The van der Waals surface area contributed by atoms with Gasteiger partial charge in [-0.05, 0) is 64.5 Å². The van der Waals surface area contributed by atoms with E-state index >= 15 is 0 Å². The number of halogens is 1. The minimum absolute atomic E-state index is 0.202. The van der Waals surface area contributed by atoms with Crippen LogP contribution in [-0.2, 0) is 27.7 Å². The first-order valence-electron chi connectivity index (χ1n) is 13.2. The number of carbonyl (C=O) groups excluding carboxylic acids is 2. The molecule has 0 aliphatic rings. The maximum atomic E-state index is 12.7. The molecule has 11 heteroatoms. The minimum atomic E-state index is -3.74. The zero-order valence-electron chi connectivity index (χ0n) is 22.8. The molecule has 0 saturated carbocycles. The van der Waals surface area contributed by atoms with Gasteiger partial charge in [0.15, 0.2) is 18.6 Å².